The second kappa shape index (κ2) is 13.4. The van der Waals surface area contributed by atoms with Crippen LogP contribution < -0.4 is 5.32 Å². The van der Waals surface area contributed by atoms with Gasteiger partial charge in [0, 0.05) is 24.8 Å². The minimum Gasteiger partial charge on any atom is -0.352 e. The lowest BCUT2D eigenvalue weighted by atomic mass is 10.0. The SMILES string of the molecule is Cc1cccc(CSCC(=O)N(Cc2ccc(F)cc2)[C@@H](Cc2ccccc2)C(=O)NC2CCCC2)c1. The molecule has 3 aromatic carbocycles. The van der Waals surface area contributed by atoms with Gasteiger partial charge in [0.15, 0.2) is 0 Å². The van der Waals surface area contributed by atoms with E-state index < -0.39 is 6.04 Å². The smallest absolute Gasteiger partial charge is 0.243 e. The molecule has 0 heterocycles. The molecule has 37 heavy (non-hydrogen) atoms. The predicted molar refractivity (Wildman–Crippen MR) is 149 cm³/mol. The Morgan fingerprint density at radius 3 is 2.35 bits per heavy atom. The van der Waals surface area contributed by atoms with E-state index in [0.717, 1.165) is 42.6 Å². The van der Waals surface area contributed by atoms with Crippen LogP contribution in [0.5, 0.6) is 0 Å². The van der Waals surface area contributed by atoms with Crippen molar-refractivity contribution in [3.05, 3.63) is 107 Å². The minimum atomic E-state index is -0.653. The number of carbonyl (C=O) groups is 2. The number of benzene rings is 3. The molecular formula is C31H35FN2O2S. The molecular weight excluding hydrogens is 483 g/mol. The fraction of sp³-hybridized carbons (Fsp3) is 0.355. The maximum atomic E-state index is 13.7. The molecule has 0 radical (unpaired) electrons. The zero-order valence-electron chi connectivity index (χ0n) is 21.4. The summed E-state index contributed by atoms with van der Waals surface area (Å²) >= 11 is 1.55. The molecule has 2 amide bonds. The summed E-state index contributed by atoms with van der Waals surface area (Å²) in [6.07, 6.45) is 4.60. The molecule has 1 aliphatic carbocycles. The zero-order chi connectivity index (χ0) is 26.0. The van der Waals surface area contributed by atoms with Crippen LogP contribution in [-0.2, 0) is 28.3 Å². The highest BCUT2D eigenvalue weighted by Crippen LogP contribution is 2.21. The minimum absolute atomic E-state index is 0.0931. The van der Waals surface area contributed by atoms with Crippen molar-refractivity contribution in [3.8, 4) is 0 Å². The number of hydrogen-bond acceptors (Lipinski definition) is 3. The Balaban J connectivity index is 1.56. The average Bonchev–Trinajstić information content (AvgIpc) is 3.41. The standard InChI is InChI=1S/C31H35FN2O2S/c1-23-8-7-11-26(18-23)21-37-22-30(35)34(20-25-14-16-27(32)17-15-25)29(19-24-9-3-2-4-10-24)31(36)33-28-12-5-6-13-28/h2-4,7-11,14-18,28-29H,5-6,12-13,19-22H2,1H3,(H,33,36)/t29-/m0/s1. The zero-order valence-corrected chi connectivity index (χ0v) is 22.2. The molecule has 0 bridgehead atoms. The number of carbonyl (C=O) groups excluding carboxylic acids is 2. The first kappa shape index (κ1) is 26.9. The van der Waals surface area contributed by atoms with E-state index in [1.54, 1.807) is 28.8 Å². The van der Waals surface area contributed by atoms with Crippen LogP contribution in [0.1, 0.15) is 47.9 Å². The molecule has 0 aliphatic heterocycles. The average molecular weight is 519 g/mol. The first-order valence-corrected chi connectivity index (χ1v) is 14.1. The maximum absolute atomic E-state index is 13.7. The van der Waals surface area contributed by atoms with Gasteiger partial charge in [0.05, 0.1) is 5.75 Å². The van der Waals surface area contributed by atoms with Crippen LogP contribution in [0.2, 0.25) is 0 Å². The van der Waals surface area contributed by atoms with Gasteiger partial charge in [0.25, 0.3) is 0 Å². The number of rotatable bonds is 11. The summed E-state index contributed by atoms with van der Waals surface area (Å²) in [5.41, 5.74) is 4.15. The molecule has 0 spiro atoms. The predicted octanol–water partition coefficient (Wildman–Crippen LogP) is 6.07. The van der Waals surface area contributed by atoms with Gasteiger partial charge in [0.1, 0.15) is 11.9 Å². The number of nitrogens with one attached hydrogen (secondary N) is 1. The Morgan fingerprint density at radius 1 is 0.946 bits per heavy atom. The Kier molecular flexibility index (Phi) is 9.78. The lowest BCUT2D eigenvalue weighted by molar-refractivity contribution is -0.139. The third kappa shape index (κ3) is 8.19. The molecule has 0 saturated heterocycles. The summed E-state index contributed by atoms with van der Waals surface area (Å²) in [6, 6.07) is 23.8. The number of aryl methyl sites for hydroxylation is 1. The van der Waals surface area contributed by atoms with E-state index in [4.69, 9.17) is 0 Å². The molecule has 3 aromatic rings. The third-order valence-electron chi connectivity index (χ3n) is 6.82. The van der Waals surface area contributed by atoms with Crippen LogP contribution in [0, 0.1) is 12.7 Å². The van der Waals surface area contributed by atoms with Crippen LogP contribution in [0.25, 0.3) is 0 Å². The summed E-state index contributed by atoms with van der Waals surface area (Å²) in [5.74, 6) is 0.446. The van der Waals surface area contributed by atoms with Crippen LogP contribution in [0.4, 0.5) is 4.39 Å². The van der Waals surface area contributed by atoms with Gasteiger partial charge < -0.3 is 10.2 Å². The topological polar surface area (TPSA) is 49.4 Å². The Morgan fingerprint density at radius 2 is 1.65 bits per heavy atom. The summed E-state index contributed by atoms with van der Waals surface area (Å²) in [6.45, 7) is 2.31. The van der Waals surface area contributed by atoms with Gasteiger partial charge >= 0.3 is 0 Å². The Bertz CT molecular complexity index is 1160. The number of nitrogens with zero attached hydrogens (tertiary/aromatic N) is 1. The molecule has 6 heteroatoms. The maximum Gasteiger partial charge on any atom is 0.243 e. The molecule has 194 valence electrons. The molecule has 4 nitrogen and oxygen atoms in total. The third-order valence-corrected chi connectivity index (χ3v) is 7.80. The molecule has 1 saturated carbocycles. The number of halogens is 1. The van der Waals surface area contributed by atoms with Crippen molar-refractivity contribution in [1.29, 1.82) is 0 Å². The Labute approximate surface area is 223 Å². The van der Waals surface area contributed by atoms with Crippen molar-refractivity contribution in [2.45, 2.75) is 63.4 Å². The monoisotopic (exact) mass is 518 g/mol. The van der Waals surface area contributed by atoms with E-state index >= 15 is 0 Å². The van der Waals surface area contributed by atoms with E-state index in [1.807, 2.05) is 36.4 Å². The van der Waals surface area contributed by atoms with Gasteiger partial charge in [-0.25, -0.2) is 4.39 Å². The second-order valence-electron chi connectivity index (χ2n) is 9.83. The summed E-state index contributed by atoms with van der Waals surface area (Å²) in [5, 5.41) is 3.22. The fourth-order valence-corrected chi connectivity index (χ4v) is 5.71. The van der Waals surface area contributed by atoms with E-state index in [-0.39, 0.29) is 36.0 Å². The van der Waals surface area contributed by atoms with Crippen LogP contribution in [-0.4, -0.2) is 34.6 Å². The largest absolute Gasteiger partial charge is 0.352 e. The summed E-state index contributed by atoms with van der Waals surface area (Å²) < 4.78 is 13.6. The van der Waals surface area contributed by atoms with Crippen molar-refractivity contribution in [2.75, 3.05) is 5.75 Å². The van der Waals surface area contributed by atoms with Crippen LogP contribution in [0.15, 0.2) is 78.9 Å². The number of thioether (sulfide) groups is 1. The van der Waals surface area contributed by atoms with E-state index in [9.17, 15) is 14.0 Å². The quantitative estimate of drug-likeness (QED) is 0.335. The first-order valence-electron chi connectivity index (χ1n) is 13.0. The molecule has 1 atom stereocenters. The van der Waals surface area contributed by atoms with Gasteiger partial charge in [-0.15, -0.1) is 11.8 Å². The highest BCUT2D eigenvalue weighted by Gasteiger charge is 2.32. The van der Waals surface area contributed by atoms with Gasteiger partial charge in [-0.3, -0.25) is 9.59 Å². The normalized spacial score (nSPS) is 14.3. The highest BCUT2D eigenvalue weighted by molar-refractivity contribution is 7.99. The van der Waals surface area contributed by atoms with Crippen molar-refractivity contribution < 1.29 is 14.0 Å². The van der Waals surface area contributed by atoms with Crippen molar-refractivity contribution in [3.63, 3.8) is 0 Å². The molecule has 1 N–H and O–H groups in total. The lowest BCUT2D eigenvalue weighted by Crippen LogP contribution is -2.52. The molecule has 0 unspecified atom stereocenters. The highest BCUT2D eigenvalue weighted by atomic mass is 32.2. The molecule has 0 aromatic heterocycles. The van der Waals surface area contributed by atoms with Gasteiger partial charge in [-0.2, -0.15) is 0 Å². The van der Waals surface area contributed by atoms with Crippen molar-refractivity contribution >= 4 is 23.6 Å². The van der Waals surface area contributed by atoms with Gasteiger partial charge in [-0.05, 0) is 48.6 Å². The van der Waals surface area contributed by atoms with E-state index in [2.05, 4.69) is 30.4 Å². The van der Waals surface area contributed by atoms with E-state index in [1.165, 1.54) is 23.3 Å². The fourth-order valence-electron chi connectivity index (χ4n) is 4.85. The van der Waals surface area contributed by atoms with Gasteiger partial charge in [0.2, 0.25) is 11.8 Å². The van der Waals surface area contributed by atoms with Crippen molar-refractivity contribution in [2.24, 2.45) is 0 Å². The first-order chi connectivity index (χ1) is 18.0. The molecule has 1 aliphatic rings. The lowest BCUT2D eigenvalue weighted by Gasteiger charge is -2.32. The van der Waals surface area contributed by atoms with Crippen molar-refractivity contribution in [1.82, 2.24) is 10.2 Å². The molecule has 4 rings (SSSR count). The second-order valence-corrected chi connectivity index (χ2v) is 10.8. The summed E-state index contributed by atoms with van der Waals surface area (Å²) in [7, 11) is 0. The Hall–Kier alpha value is -3.12. The number of amides is 2. The molecule has 1 fully saturated rings. The van der Waals surface area contributed by atoms with Gasteiger partial charge in [-0.1, -0.05) is 85.1 Å². The number of hydrogen-bond donors (Lipinski definition) is 1. The van der Waals surface area contributed by atoms with E-state index in [0.29, 0.717) is 6.42 Å². The van der Waals surface area contributed by atoms with Crippen LogP contribution in [0.3, 0.4) is 0 Å². The summed E-state index contributed by atoms with van der Waals surface area (Å²) in [4.78, 5) is 29.0. The van der Waals surface area contributed by atoms with Crippen LogP contribution >= 0.6 is 11.8 Å².